The van der Waals surface area contributed by atoms with Crippen LogP contribution in [0.25, 0.3) is 22.0 Å². The first-order chi connectivity index (χ1) is 15.3. The van der Waals surface area contributed by atoms with Crippen LogP contribution in [-0.4, -0.2) is 29.4 Å². The number of hydrogen-bond acceptors (Lipinski definition) is 2. The summed E-state index contributed by atoms with van der Waals surface area (Å²) in [5, 5.41) is 15.2. The van der Waals surface area contributed by atoms with Gasteiger partial charge in [0.25, 0.3) is 0 Å². The van der Waals surface area contributed by atoms with Crippen molar-refractivity contribution in [3.05, 3.63) is 95.9 Å². The summed E-state index contributed by atoms with van der Waals surface area (Å²) in [7, 11) is 1.81. The van der Waals surface area contributed by atoms with Crippen LogP contribution in [0.4, 0.5) is 4.39 Å². The maximum Gasteiger partial charge on any atom is 0.123 e. The minimum absolute atomic E-state index is 0.0896. The molecule has 2 N–H and O–H groups in total. The van der Waals surface area contributed by atoms with E-state index in [1.54, 1.807) is 6.07 Å². The molecule has 4 rings (SSSR count). The lowest BCUT2D eigenvalue weighted by Gasteiger charge is -2.26. The van der Waals surface area contributed by atoms with Crippen molar-refractivity contribution in [2.24, 2.45) is 0 Å². The minimum atomic E-state index is -0.728. The Morgan fingerprint density at radius 3 is 2.34 bits per heavy atom. The van der Waals surface area contributed by atoms with Crippen LogP contribution in [0.1, 0.15) is 37.9 Å². The molecule has 3 nitrogen and oxygen atoms in total. The number of likely N-dealkylation sites (N-methyl/N-ethyl adjacent to an activating group) is 1. The molecular formula is C28H31FN2O. The van der Waals surface area contributed by atoms with Gasteiger partial charge in [-0.1, -0.05) is 75.4 Å². The Kier molecular flexibility index (Phi) is 6.18. The quantitative estimate of drug-likeness (QED) is 0.399. The number of hydrogen-bond donors (Lipinski definition) is 2. The van der Waals surface area contributed by atoms with E-state index in [1.165, 1.54) is 17.7 Å². The predicted molar refractivity (Wildman–Crippen MR) is 131 cm³/mol. The number of aliphatic hydroxyl groups excluding tert-OH is 1. The Bertz CT molecular complexity index is 1200. The molecule has 0 saturated heterocycles. The number of aliphatic hydroxyl groups is 1. The van der Waals surface area contributed by atoms with Crippen molar-refractivity contribution in [3.63, 3.8) is 0 Å². The van der Waals surface area contributed by atoms with Crippen molar-refractivity contribution in [2.45, 2.75) is 38.3 Å². The molecule has 0 spiro atoms. The maximum absolute atomic E-state index is 14.1. The van der Waals surface area contributed by atoms with Crippen LogP contribution in [-0.2, 0) is 5.41 Å². The first kappa shape index (κ1) is 22.3. The summed E-state index contributed by atoms with van der Waals surface area (Å²) in [5.74, 6) is -0.307. The van der Waals surface area contributed by atoms with Gasteiger partial charge < -0.3 is 15.0 Å². The Hall–Kier alpha value is -2.95. The van der Waals surface area contributed by atoms with Crippen molar-refractivity contribution < 1.29 is 9.50 Å². The third-order valence-electron chi connectivity index (χ3n) is 6.07. The molecule has 2 atom stereocenters. The Morgan fingerprint density at radius 2 is 1.69 bits per heavy atom. The molecule has 0 amide bonds. The van der Waals surface area contributed by atoms with Crippen molar-refractivity contribution in [2.75, 3.05) is 13.6 Å². The Morgan fingerprint density at radius 1 is 0.969 bits per heavy atom. The van der Waals surface area contributed by atoms with Gasteiger partial charge in [-0.05, 0) is 47.4 Å². The van der Waals surface area contributed by atoms with E-state index >= 15 is 0 Å². The van der Waals surface area contributed by atoms with E-state index < -0.39 is 12.1 Å². The highest BCUT2D eigenvalue weighted by atomic mass is 19.1. The number of para-hydroxylation sites is 1. The van der Waals surface area contributed by atoms with Crippen LogP contribution in [0.2, 0.25) is 0 Å². The number of rotatable bonds is 6. The van der Waals surface area contributed by atoms with E-state index in [4.69, 9.17) is 0 Å². The fourth-order valence-electron chi connectivity index (χ4n) is 4.39. The molecule has 3 aromatic carbocycles. The highest BCUT2D eigenvalue weighted by Crippen LogP contribution is 2.36. The fourth-order valence-corrected chi connectivity index (χ4v) is 4.39. The van der Waals surface area contributed by atoms with E-state index in [2.05, 4.69) is 73.3 Å². The third-order valence-corrected chi connectivity index (χ3v) is 6.07. The monoisotopic (exact) mass is 430 g/mol. The van der Waals surface area contributed by atoms with E-state index in [0.717, 1.165) is 27.6 Å². The van der Waals surface area contributed by atoms with Crippen LogP contribution in [0, 0.1) is 5.82 Å². The lowest BCUT2D eigenvalue weighted by Crippen LogP contribution is -2.33. The molecule has 4 heteroatoms. The van der Waals surface area contributed by atoms with Crippen LogP contribution >= 0.6 is 0 Å². The van der Waals surface area contributed by atoms with Gasteiger partial charge in [-0.15, -0.1) is 0 Å². The fraction of sp³-hybridized carbons (Fsp3) is 0.286. The van der Waals surface area contributed by atoms with Crippen LogP contribution in [0.15, 0.2) is 79.0 Å². The minimum Gasteiger partial charge on any atom is -0.389 e. The SMILES string of the molecule is CNCC(O)C(c1cccc(F)c1)n1cc(-c2ccc(C(C)(C)C)cc2)c2ccccc21. The molecule has 0 radical (unpaired) electrons. The second-order valence-corrected chi connectivity index (χ2v) is 9.42. The van der Waals surface area contributed by atoms with Gasteiger partial charge >= 0.3 is 0 Å². The number of halogens is 1. The number of benzene rings is 3. The molecule has 32 heavy (non-hydrogen) atoms. The van der Waals surface area contributed by atoms with Gasteiger partial charge in [0.15, 0.2) is 0 Å². The maximum atomic E-state index is 14.1. The van der Waals surface area contributed by atoms with Crippen molar-refractivity contribution in [1.29, 1.82) is 0 Å². The number of nitrogens with zero attached hydrogens (tertiary/aromatic N) is 1. The number of nitrogens with one attached hydrogen (secondary N) is 1. The van der Waals surface area contributed by atoms with Gasteiger partial charge in [-0.3, -0.25) is 0 Å². The molecule has 166 valence electrons. The smallest absolute Gasteiger partial charge is 0.123 e. The molecule has 0 fully saturated rings. The Balaban J connectivity index is 1.89. The summed E-state index contributed by atoms with van der Waals surface area (Å²) in [6.07, 6.45) is 1.36. The molecule has 4 aromatic rings. The van der Waals surface area contributed by atoms with Gasteiger partial charge in [0, 0.05) is 29.2 Å². The van der Waals surface area contributed by atoms with E-state index in [0.29, 0.717) is 6.54 Å². The summed E-state index contributed by atoms with van der Waals surface area (Å²) < 4.78 is 16.2. The van der Waals surface area contributed by atoms with E-state index in [9.17, 15) is 9.50 Å². The lowest BCUT2D eigenvalue weighted by atomic mass is 9.86. The molecular weight excluding hydrogens is 399 g/mol. The zero-order valence-corrected chi connectivity index (χ0v) is 19.1. The highest BCUT2D eigenvalue weighted by Gasteiger charge is 2.26. The topological polar surface area (TPSA) is 37.2 Å². The van der Waals surface area contributed by atoms with E-state index in [1.807, 2.05) is 25.2 Å². The predicted octanol–water partition coefficient (Wildman–Crippen LogP) is 5.91. The zero-order valence-electron chi connectivity index (χ0n) is 19.1. The highest BCUT2D eigenvalue weighted by molar-refractivity contribution is 5.96. The summed E-state index contributed by atoms with van der Waals surface area (Å²) in [6.45, 7) is 7.02. The first-order valence-corrected chi connectivity index (χ1v) is 11.1. The van der Waals surface area contributed by atoms with Gasteiger partial charge in [-0.25, -0.2) is 4.39 Å². The first-order valence-electron chi connectivity index (χ1n) is 11.1. The van der Waals surface area contributed by atoms with Gasteiger partial charge in [-0.2, -0.15) is 0 Å². The number of fused-ring (bicyclic) bond motifs is 1. The van der Waals surface area contributed by atoms with Crippen LogP contribution < -0.4 is 5.32 Å². The molecule has 2 unspecified atom stereocenters. The molecule has 0 aliphatic carbocycles. The second-order valence-electron chi connectivity index (χ2n) is 9.42. The number of aromatic nitrogens is 1. The van der Waals surface area contributed by atoms with Crippen molar-refractivity contribution >= 4 is 10.9 Å². The largest absolute Gasteiger partial charge is 0.389 e. The Labute approximate surface area is 189 Å². The molecule has 0 bridgehead atoms. The van der Waals surface area contributed by atoms with Gasteiger partial charge in [0.05, 0.1) is 12.1 Å². The molecule has 1 aromatic heterocycles. The van der Waals surface area contributed by atoms with E-state index in [-0.39, 0.29) is 11.2 Å². The zero-order chi connectivity index (χ0) is 22.9. The third kappa shape index (κ3) is 4.34. The van der Waals surface area contributed by atoms with Crippen LogP contribution in [0.5, 0.6) is 0 Å². The molecule has 1 heterocycles. The van der Waals surface area contributed by atoms with Crippen LogP contribution in [0.3, 0.4) is 0 Å². The van der Waals surface area contributed by atoms with Gasteiger partial charge in [0.1, 0.15) is 5.82 Å². The average molecular weight is 431 g/mol. The second kappa shape index (κ2) is 8.89. The van der Waals surface area contributed by atoms with Gasteiger partial charge in [0.2, 0.25) is 0 Å². The summed E-state index contributed by atoms with van der Waals surface area (Å²) in [5.41, 5.74) is 5.34. The molecule has 0 aliphatic rings. The molecule has 0 saturated carbocycles. The summed E-state index contributed by atoms with van der Waals surface area (Å²) in [4.78, 5) is 0. The standard InChI is InChI=1S/C28H31FN2O/c1-28(2,3)21-14-12-19(13-15-21)24-18-31(25-11-6-5-10-23(24)25)27(26(32)17-30-4)20-8-7-9-22(29)16-20/h5-16,18,26-27,30,32H,17H2,1-4H3. The lowest BCUT2D eigenvalue weighted by molar-refractivity contribution is 0.132. The van der Waals surface area contributed by atoms with Crippen molar-refractivity contribution in [1.82, 2.24) is 9.88 Å². The molecule has 0 aliphatic heterocycles. The summed E-state index contributed by atoms with van der Waals surface area (Å²) in [6, 6.07) is 23.0. The normalized spacial score (nSPS) is 13.9. The summed E-state index contributed by atoms with van der Waals surface area (Å²) >= 11 is 0. The van der Waals surface area contributed by atoms with Crippen molar-refractivity contribution in [3.8, 4) is 11.1 Å². The average Bonchev–Trinajstić information content (AvgIpc) is 3.13.